The van der Waals surface area contributed by atoms with Gasteiger partial charge in [0.15, 0.2) is 12.2 Å². The number of carbonyl (C=O) groups excluding carboxylic acids is 4. The fraction of sp³-hybridized carbons (Fsp3) is 0.950. The van der Waals surface area contributed by atoms with Gasteiger partial charge in [-0.05, 0) is 31.6 Å². The molecule has 17 nitrogen and oxygen atoms in total. The van der Waals surface area contributed by atoms with Crippen molar-refractivity contribution >= 4 is 39.5 Å². The molecule has 0 aromatic carbocycles. The Morgan fingerprint density at radius 1 is 0.273 bits per heavy atom. The van der Waals surface area contributed by atoms with Crippen LogP contribution in [0.15, 0.2) is 0 Å². The van der Waals surface area contributed by atoms with E-state index in [1.54, 1.807) is 0 Å². The van der Waals surface area contributed by atoms with Crippen molar-refractivity contribution < 1.29 is 80.2 Å². The number of esters is 4. The highest BCUT2D eigenvalue weighted by Gasteiger charge is 2.30. The maximum Gasteiger partial charge on any atom is 0.472 e. The molecule has 19 heteroatoms. The molecule has 2 unspecified atom stereocenters. The number of unbranched alkanes of at least 4 members (excludes halogenated alkanes) is 52. The number of hydrogen-bond acceptors (Lipinski definition) is 15. The molecule has 0 bridgehead atoms. The van der Waals surface area contributed by atoms with Gasteiger partial charge in [-0.15, -0.1) is 0 Å². The van der Waals surface area contributed by atoms with E-state index in [9.17, 15) is 43.2 Å². The smallest absolute Gasteiger partial charge is 0.462 e. The van der Waals surface area contributed by atoms with Crippen LogP contribution >= 0.6 is 15.6 Å². The van der Waals surface area contributed by atoms with Gasteiger partial charge in [-0.25, -0.2) is 9.13 Å². The highest BCUT2D eigenvalue weighted by Crippen LogP contribution is 2.45. The maximum atomic E-state index is 13.1. The van der Waals surface area contributed by atoms with Crippen LogP contribution in [0.5, 0.6) is 0 Å². The summed E-state index contributed by atoms with van der Waals surface area (Å²) in [7, 11) is -9.92. The molecular formula is C80H156O17P2. The zero-order valence-corrected chi connectivity index (χ0v) is 66.4. The van der Waals surface area contributed by atoms with Crippen LogP contribution in [0, 0.1) is 5.92 Å². The quantitative estimate of drug-likeness (QED) is 0.0222. The Balaban J connectivity index is 5.26. The number of phosphoric acid groups is 2. The van der Waals surface area contributed by atoms with Crippen LogP contribution in [0.2, 0.25) is 0 Å². The average Bonchev–Trinajstić information content (AvgIpc) is 1.88. The van der Waals surface area contributed by atoms with Crippen LogP contribution in [0.3, 0.4) is 0 Å². The van der Waals surface area contributed by atoms with Gasteiger partial charge in [0, 0.05) is 25.7 Å². The van der Waals surface area contributed by atoms with Crippen LogP contribution in [0.4, 0.5) is 0 Å². The molecular weight excluding hydrogens is 1290 g/mol. The van der Waals surface area contributed by atoms with E-state index in [1.165, 1.54) is 250 Å². The topological polar surface area (TPSA) is 237 Å². The van der Waals surface area contributed by atoms with E-state index in [0.29, 0.717) is 25.7 Å². The normalized spacial score (nSPS) is 13.9. The fourth-order valence-electron chi connectivity index (χ4n) is 12.4. The summed E-state index contributed by atoms with van der Waals surface area (Å²) in [5.41, 5.74) is 0. The number of hydrogen-bond donors (Lipinski definition) is 3. The van der Waals surface area contributed by atoms with Gasteiger partial charge in [-0.1, -0.05) is 375 Å². The van der Waals surface area contributed by atoms with Crippen molar-refractivity contribution in [1.29, 1.82) is 0 Å². The predicted octanol–water partition coefficient (Wildman–Crippen LogP) is 24.0. The van der Waals surface area contributed by atoms with Gasteiger partial charge in [0.25, 0.3) is 0 Å². The molecule has 3 N–H and O–H groups in total. The van der Waals surface area contributed by atoms with Crippen molar-refractivity contribution in [1.82, 2.24) is 0 Å². The van der Waals surface area contributed by atoms with Crippen molar-refractivity contribution in [2.45, 2.75) is 445 Å². The zero-order valence-electron chi connectivity index (χ0n) is 64.6. The first kappa shape index (κ1) is 97.1. The van der Waals surface area contributed by atoms with Crippen molar-refractivity contribution in [2.75, 3.05) is 39.6 Å². The van der Waals surface area contributed by atoms with E-state index in [4.69, 9.17) is 37.0 Å². The fourth-order valence-corrected chi connectivity index (χ4v) is 14.0. The van der Waals surface area contributed by atoms with Gasteiger partial charge in [0.1, 0.15) is 19.3 Å². The Morgan fingerprint density at radius 3 is 0.687 bits per heavy atom. The van der Waals surface area contributed by atoms with E-state index in [2.05, 4.69) is 34.6 Å². The van der Waals surface area contributed by atoms with Crippen molar-refractivity contribution in [3.63, 3.8) is 0 Å². The number of carbonyl (C=O) groups is 4. The molecule has 0 aliphatic carbocycles. The molecule has 588 valence electrons. The molecule has 0 aliphatic rings. The number of rotatable bonds is 80. The summed E-state index contributed by atoms with van der Waals surface area (Å²) >= 11 is 0. The van der Waals surface area contributed by atoms with Crippen LogP contribution in [0.25, 0.3) is 0 Å². The number of ether oxygens (including phenoxy) is 4. The second-order valence-electron chi connectivity index (χ2n) is 29.3. The first-order chi connectivity index (χ1) is 48.0. The molecule has 0 saturated heterocycles. The number of phosphoric ester groups is 2. The Bertz CT molecular complexity index is 1890. The molecule has 0 fully saturated rings. The average molecular weight is 1450 g/mol. The van der Waals surface area contributed by atoms with E-state index in [1.807, 2.05) is 0 Å². The second-order valence-corrected chi connectivity index (χ2v) is 32.2. The third-order valence-electron chi connectivity index (χ3n) is 18.8. The molecule has 0 aromatic rings. The Labute approximate surface area is 607 Å². The number of aliphatic hydroxyl groups is 1. The summed E-state index contributed by atoms with van der Waals surface area (Å²) in [4.78, 5) is 73.0. The molecule has 0 heterocycles. The third kappa shape index (κ3) is 74.1. The summed E-state index contributed by atoms with van der Waals surface area (Å²) in [5, 5.41) is 10.6. The van der Waals surface area contributed by atoms with Gasteiger partial charge in [0.2, 0.25) is 0 Å². The standard InChI is InChI=1S/C80H156O17P2/c1-6-9-12-15-18-21-24-27-29-30-35-39-44-49-54-59-64-78(83)91-70-76(97-80(85)66-61-56-51-46-41-36-32-31-33-37-42-47-52-57-62-73(4)5)72-95-99(88,89)93-68-74(81)67-92-98(86,87)94-71-75(69-90-77(82)63-58-53-48-43-38-26-23-20-17-14-11-8-3)96-79(84)65-60-55-50-45-40-34-28-25-22-19-16-13-10-7-2/h73-76,81H,6-72H2,1-5H3,(H,86,87)(H,88,89)/t74-,75+,76+/m0/s1. The second kappa shape index (κ2) is 73.0. The molecule has 0 amide bonds. The van der Waals surface area contributed by atoms with Crippen molar-refractivity contribution in [3.8, 4) is 0 Å². The molecule has 0 aromatic heterocycles. The van der Waals surface area contributed by atoms with Crippen LogP contribution in [0.1, 0.15) is 426 Å². The summed E-state index contributed by atoms with van der Waals surface area (Å²) in [6.07, 6.45) is 63.6. The first-order valence-electron chi connectivity index (χ1n) is 41.6. The SMILES string of the molecule is CCCCCCCCCCCCCCCCCCC(=O)OC[C@H](COP(=O)(O)OC[C@@H](O)COP(=O)(O)OC[C@@H](COC(=O)CCCCCCCCCCCCCC)OC(=O)CCCCCCCCCCCCCCCC)OC(=O)CCCCCCCCCCCCCCCCC(C)C. The lowest BCUT2D eigenvalue weighted by atomic mass is 10.0. The van der Waals surface area contributed by atoms with Gasteiger partial charge in [-0.2, -0.15) is 0 Å². The van der Waals surface area contributed by atoms with Crippen molar-refractivity contribution in [2.24, 2.45) is 5.92 Å². The van der Waals surface area contributed by atoms with E-state index in [0.717, 1.165) is 95.8 Å². The van der Waals surface area contributed by atoms with Gasteiger partial charge >= 0.3 is 39.5 Å². The largest absolute Gasteiger partial charge is 0.472 e. The summed E-state index contributed by atoms with van der Waals surface area (Å²) in [6, 6.07) is 0. The van der Waals surface area contributed by atoms with E-state index in [-0.39, 0.29) is 25.7 Å². The lowest BCUT2D eigenvalue weighted by Crippen LogP contribution is -2.30. The van der Waals surface area contributed by atoms with Gasteiger partial charge in [0.05, 0.1) is 26.4 Å². The molecule has 0 radical (unpaired) electrons. The Morgan fingerprint density at radius 2 is 0.465 bits per heavy atom. The molecule has 99 heavy (non-hydrogen) atoms. The molecule has 0 spiro atoms. The Kier molecular flexibility index (Phi) is 71.6. The first-order valence-corrected chi connectivity index (χ1v) is 44.6. The lowest BCUT2D eigenvalue weighted by Gasteiger charge is -2.21. The summed E-state index contributed by atoms with van der Waals surface area (Å²) < 4.78 is 68.7. The monoisotopic (exact) mass is 1450 g/mol. The minimum absolute atomic E-state index is 0.109. The molecule has 0 aliphatic heterocycles. The van der Waals surface area contributed by atoms with Gasteiger partial charge < -0.3 is 33.8 Å². The summed E-state index contributed by atoms with van der Waals surface area (Å²) in [5.74, 6) is -1.31. The number of aliphatic hydroxyl groups excluding tert-OH is 1. The van der Waals surface area contributed by atoms with Crippen molar-refractivity contribution in [3.05, 3.63) is 0 Å². The van der Waals surface area contributed by atoms with Gasteiger partial charge in [-0.3, -0.25) is 37.3 Å². The van der Waals surface area contributed by atoms with Crippen LogP contribution in [-0.4, -0.2) is 96.7 Å². The predicted molar refractivity (Wildman–Crippen MR) is 405 cm³/mol. The zero-order chi connectivity index (χ0) is 72.7. The van der Waals surface area contributed by atoms with E-state index < -0.39 is 97.5 Å². The Hall–Kier alpha value is -1.94. The molecule has 0 saturated carbocycles. The minimum atomic E-state index is -4.96. The maximum absolute atomic E-state index is 13.1. The molecule has 5 atom stereocenters. The third-order valence-corrected chi connectivity index (χ3v) is 20.7. The highest BCUT2D eigenvalue weighted by atomic mass is 31.2. The highest BCUT2D eigenvalue weighted by molar-refractivity contribution is 7.47. The van der Waals surface area contributed by atoms with Crippen LogP contribution < -0.4 is 0 Å². The van der Waals surface area contributed by atoms with E-state index >= 15 is 0 Å². The lowest BCUT2D eigenvalue weighted by molar-refractivity contribution is -0.161. The molecule has 0 rings (SSSR count). The minimum Gasteiger partial charge on any atom is -0.462 e. The van der Waals surface area contributed by atoms with Crippen LogP contribution in [-0.2, 0) is 65.4 Å². The summed E-state index contributed by atoms with van der Waals surface area (Å²) in [6.45, 7) is 7.36.